The molecule has 2 nitrogen and oxygen atoms in total. The normalized spacial score (nSPS) is 10.2. The van der Waals surface area contributed by atoms with Gasteiger partial charge >= 0.3 is 0 Å². The van der Waals surface area contributed by atoms with Crippen LogP contribution in [0.1, 0.15) is 12.6 Å². The third kappa shape index (κ3) is 1.99. The number of nitrogens with two attached hydrogens (primary N) is 1. The zero-order valence-electron chi connectivity index (χ0n) is 8.77. The third-order valence-electron chi connectivity index (χ3n) is 2.45. The van der Waals surface area contributed by atoms with E-state index in [9.17, 15) is 0 Å². The molecule has 0 aliphatic carbocycles. The van der Waals surface area contributed by atoms with Crippen molar-refractivity contribution in [2.45, 2.75) is 13.3 Å². The van der Waals surface area contributed by atoms with Gasteiger partial charge in [-0.2, -0.15) is 0 Å². The van der Waals surface area contributed by atoms with Gasteiger partial charge in [-0.05, 0) is 18.1 Å². The summed E-state index contributed by atoms with van der Waals surface area (Å²) < 4.78 is 0. The highest BCUT2D eigenvalue weighted by molar-refractivity contribution is 5.66. The van der Waals surface area contributed by atoms with Gasteiger partial charge in [0.05, 0.1) is 11.4 Å². The fraction of sp³-hybridized carbons (Fsp3) is 0.154. The number of hydrogen-bond donors (Lipinski definition) is 1. The average Bonchev–Trinajstić information content (AvgIpc) is 2.30. The Kier molecular flexibility index (Phi) is 2.68. The Morgan fingerprint density at radius 3 is 2.47 bits per heavy atom. The molecule has 0 spiro atoms. The van der Waals surface area contributed by atoms with E-state index in [-0.39, 0.29) is 0 Å². The summed E-state index contributed by atoms with van der Waals surface area (Å²) in [5, 5.41) is 0. The highest BCUT2D eigenvalue weighted by Crippen LogP contribution is 2.21. The Hall–Kier alpha value is -1.83. The molecule has 1 aromatic carbocycles. The number of aromatic nitrogens is 1. The van der Waals surface area contributed by atoms with Gasteiger partial charge in [0, 0.05) is 11.8 Å². The van der Waals surface area contributed by atoms with Gasteiger partial charge in [-0.15, -0.1) is 0 Å². The van der Waals surface area contributed by atoms with Gasteiger partial charge in [0.1, 0.15) is 0 Å². The van der Waals surface area contributed by atoms with Crippen LogP contribution in [-0.2, 0) is 6.42 Å². The Morgan fingerprint density at radius 1 is 1.13 bits per heavy atom. The molecule has 2 N–H and O–H groups in total. The van der Waals surface area contributed by atoms with Crippen LogP contribution in [0, 0.1) is 0 Å². The maximum atomic E-state index is 5.91. The second-order valence-electron chi connectivity index (χ2n) is 3.48. The Balaban J connectivity index is 2.43. The lowest BCUT2D eigenvalue weighted by Gasteiger charge is -2.05. The Bertz CT molecular complexity index is 449. The Morgan fingerprint density at radius 2 is 1.87 bits per heavy atom. The van der Waals surface area contributed by atoms with Crippen LogP contribution in [-0.4, -0.2) is 4.98 Å². The van der Waals surface area contributed by atoms with Gasteiger partial charge in [-0.1, -0.05) is 37.3 Å². The summed E-state index contributed by atoms with van der Waals surface area (Å²) in [5.41, 5.74) is 9.88. The monoisotopic (exact) mass is 198 g/mol. The number of benzene rings is 1. The molecule has 2 heteroatoms. The summed E-state index contributed by atoms with van der Waals surface area (Å²) in [7, 11) is 0. The van der Waals surface area contributed by atoms with E-state index >= 15 is 0 Å². The van der Waals surface area contributed by atoms with Crippen molar-refractivity contribution in [3.8, 4) is 11.1 Å². The molecule has 0 aliphatic heterocycles. The van der Waals surface area contributed by atoms with E-state index in [1.54, 1.807) is 0 Å². The number of hydrogen-bond acceptors (Lipinski definition) is 2. The van der Waals surface area contributed by atoms with E-state index in [2.05, 4.69) is 24.0 Å². The number of pyridine rings is 1. The second kappa shape index (κ2) is 4.13. The van der Waals surface area contributed by atoms with Crippen molar-refractivity contribution in [2.24, 2.45) is 0 Å². The maximum Gasteiger partial charge on any atom is 0.0630 e. The minimum atomic E-state index is 0.777. The topological polar surface area (TPSA) is 38.9 Å². The average molecular weight is 198 g/mol. The number of aryl methyl sites for hydroxylation is 1. The molecule has 2 rings (SSSR count). The summed E-state index contributed by atoms with van der Waals surface area (Å²) in [6, 6.07) is 12.1. The summed E-state index contributed by atoms with van der Waals surface area (Å²) in [6.45, 7) is 2.06. The van der Waals surface area contributed by atoms with Crippen molar-refractivity contribution in [3.63, 3.8) is 0 Å². The van der Waals surface area contributed by atoms with Gasteiger partial charge in [0.15, 0.2) is 0 Å². The molecule has 2 aromatic rings. The highest BCUT2D eigenvalue weighted by Gasteiger charge is 2.01. The SMILES string of the molecule is CCc1ncc(-c2ccccc2)cc1N. The lowest BCUT2D eigenvalue weighted by molar-refractivity contribution is 1.04. The molecule has 0 fully saturated rings. The molecule has 0 atom stereocenters. The summed E-state index contributed by atoms with van der Waals surface area (Å²) in [6.07, 6.45) is 2.76. The van der Waals surface area contributed by atoms with Crippen LogP contribution in [0.25, 0.3) is 11.1 Å². The fourth-order valence-corrected chi connectivity index (χ4v) is 1.59. The van der Waals surface area contributed by atoms with E-state index in [0.717, 1.165) is 28.9 Å². The molecule has 76 valence electrons. The van der Waals surface area contributed by atoms with E-state index in [1.807, 2.05) is 30.5 Å². The zero-order valence-corrected chi connectivity index (χ0v) is 8.77. The molecule has 0 radical (unpaired) electrons. The van der Waals surface area contributed by atoms with Gasteiger partial charge in [0.25, 0.3) is 0 Å². The van der Waals surface area contributed by atoms with Crippen LogP contribution in [0.2, 0.25) is 0 Å². The van der Waals surface area contributed by atoms with Gasteiger partial charge in [-0.25, -0.2) is 0 Å². The van der Waals surface area contributed by atoms with E-state index in [0.29, 0.717) is 0 Å². The van der Waals surface area contributed by atoms with Crippen molar-refractivity contribution in [1.82, 2.24) is 4.98 Å². The molecule has 0 saturated heterocycles. The van der Waals surface area contributed by atoms with Crippen molar-refractivity contribution >= 4 is 5.69 Å². The largest absolute Gasteiger partial charge is 0.397 e. The molecule has 0 saturated carbocycles. The molecular formula is C13H14N2. The molecule has 15 heavy (non-hydrogen) atoms. The van der Waals surface area contributed by atoms with Gasteiger partial charge < -0.3 is 5.73 Å². The molecular weight excluding hydrogens is 184 g/mol. The van der Waals surface area contributed by atoms with Gasteiger partial charge in [-0.3, -0.25) is 4.98 Å². The van der Waals surface area contributed by atoms with Crippen molar-refractivity contribution in [3.05, 3.63) is 48.3 Å². The van der Waals surface area contributed by atoms with E-state index < -0.39 is 0 Å². The first-order valence-corrected chi connectivity index (χ1v) is 5.11. The number of nitrogen functional groups attached to an aromatic ring is 1. The fourth-order valence-electron chi connectivity index (χ4n) is 1.59. The van der Waals surface area contributed by atoms with Crippen LogP contribution >= 0.6 is 0 Å². The molecule has 0 unspecified atom stereocenters. The minimum Gasteiger partial charge on any atom is -0.397 e. The quantitative estimate of drug-likeness (QED) is 0.805. The zero-order chi connectivity index (χ0) is 10.7. The highest BCUT2D eigenvalue weighted by atomic mass is 14.7. The van der Waals surface area contributed by atoms with E-state index in [1.165, 1.54) is 0 Å². The predicted octanol–water partition coefficient (Wildman–Crippen LogP) is 2.89. The minimum absolute atomic E-state index is 0.777. The number of anilines is 1. The third-order valence-corrected chi connectivity index (χ3v) is 2.45. The van der Waals surface area contributed by atoms with Crippen LogP contribution in [0.5, 0.6) is 0 Å². The number of rotatable bonds is 2. The lowest BCUT2D eigenvalue weighted by Crippen LogP contribution is -1.96. The summed E-state index contributed by atoms with van der Waals surface area (Å²) >= 11 is 0. The predicted molar refractivity (Wildman–Crippen MR) is 63.5 cm³/mol. The molecule has 1 heterocycles. The molecule has 0 bridgehead atoms. The summed E-state index contributed by atoms with van der Waals surface area (Å²) in [5.74, 6) is 0. The second-order valence-corrected chi connectivity index (χ2v) is 3.48. The standard InChI is InChI=1S/C13H14N2/c1-2-13-12(14)8-11(9-15-13)10-6-4-3-5-7-10/h3-9H,2,14H2,1H3. The van der Waals surface area contributed by atoms with Crippen molar-refractivity contribution < 1.29 is 0 Å². The molecule has 0 aliphatic rings. The lowest BCUT2D eigenvalue weighted by atomic mass is 10.1. The van der Waals surface area contributed by atoms with Gasteiger partial charge in [0.2, 0.25) is 0 Å². The molecule has 1 aromatic heterocycles. The Labute approximate surface area is 89.8 Å². The first kappa shape index (κ1) is 9.71. The van der Waals surface area contributed by atoms with Crippen LogP contribution < -0.4 is 5.73 Å². The van der Waals surface area contributed by atoms with Crippen LogP contribution in [0.3, 0.4) is 0 Å². The summed E-state index contributed by atoms with van der Waals surface area (Å²) in [4.78, 5) is 4.35. The van der Waals surface area contributed by atoms with Crippen molar-refractivity contribution in [2.75, 3.05) is 5.73 Å². The number of nitrogens with zero attached hydrogens (tertiary/aromatic N) is 1. The smallest absolute Gasteiger partial charge is 0.0630 e. The maximum absolute atomic E-state index is 5.91. The molecule has 0 amide bonds. The van der Waals surface area contributed by atoms with Crippen LogP contribution in [0.4, 0.5) is 5.69 Å². The van der Waals surface area contributed by atoms with Crippen molar-refractivity contribution in [1.29, 1.82) is 0 Å². The first-order valence-electron chi connectivity index (χ1n) is 5.11. The first-order chi connectivity index (χ1) is 7.31. The van der Waals surface area contributed by atoms with E-state index in [4.69, 9.17) is 5.73 Å². The van der Waals surface area contributed by atoms with Crippen LogP contribution in [0.15, 0.2) is 42.6 Å².